The third kappa shape index (κ3) is 2.71. The van der Waals surface area contributed by atoms with E-state index in [1.54, 1.807) is 20.3 Å². The van der Waals surface area contributed by atoms with Gasteiger partial charge in [0.15, 0.2) is 28.8 Å². The molecule has 0 radical (unpaired) electrons. The van der Waals surface area contributed by atoms with Crippen molar-refractivity contribution in [2.75, 3.05) is 41.3 Å². The monoisotopic (exact) mass is 413 g/mol. The lowest BCUT2D eigenvalue weighted by atomic mass is 9.84. The highest BCUT2D eigenvalue weighted by molar-refractivity contribution is 6.02. The summed E-state index contributed by atoms with van der Waals surface area (Å²) in [5.74, 6) is 2.75. The SMILES string of the molecule is COc1ccc2c(c1OC)C(=O)CO[C@@H]2[C@@H]1NCCc2cc3c(c(OC)c21)OCO3. The number of ether oxygens (including phenoxy) is 6. The standard InChI is InChI=1S/C22H23NO7/c1-25-14-5-4-12-17(20(14)26-2)13(24)9-28-19(12)18-16-11(6-7-23-18)8-15-21(22(16)27-3)30-10-29-15/h4-5,8,18-19,23H,6-7,9-10H2,1-3H3/t18-,19+/m1/s1. The quantitative estimate of drug-likeness (QED) is 0.819. The maximum absolute atomic E-state index is 12.7. The molecule has 3 aliphatic heterocycles. The fourth-order valence-corrected chi connectivity index (χ4v) is 4.62. The van der Waals surface area contributed by atoms with Gasteiger partial charge in [-0.05, 0) is 36.2 Å². The van der Waals surface area contributed by atoms with Crippen LogP contribution in [0.1, 0.15) is 39.2 Å². The van der Waals surface area contributed by atoms with E-state index >= 15 is 0 Å². The molecule has 0 bridgehead atoms. The lowest BCUT2D eigenvalue weighted by Gasteiger charge is -2.37. The van der Waals surface area contributed by atoms with Crippen molar-refractivity contribution in [2.45, 2.75) is 18.6 Å². The number of fused-ring (bicyclic) bond motifs is 3. The molecule has 0 amide bonds. The Hall–Kier alpha value is -2.97. The molecule has 0 unspecified atom stereocenters. The molecule has 0 aliphatic carbocycles. The average Bonchev–Trinajstić information content (AvgIpc) is 3.24. The Morgan fingerprint density at radius 3 is 2.67 bits per heavy atom. The van der Waals surface area contributed by atoms with Crippen LogP contribution in [-0.4, -0.2) is 47.1 Å². The highest BCUT2D eigenvalue weighted by Gasteiger charge is 2.41. The van der Waals surface area contributed by atoms with Crippen molar-refractivity contribution in [1.82, 2.24) is 5.32 Å². The van der Waals surface area contributed by atoms with Gasteiger partial charge in [0.2, 0.25) is 12.5 Å². The van der Waals surface area contributed by atoms with E-state index in [0.717, 1.165) is 29.7 Å². The molecule has 2 atom stereocenters. The second-order valence-electron chi connectivity index (χ2n) is 7.32. The second-order valence-corrected chi connectivity index (χ2v) is 7.32. The number of ketones is 1. The Morgan fingerprint density at radius 2 is 1.90 bits per heavy atom. The Morgan fingerprint density at radius 1 is 1.07 bits per heavy atom. The van der Waals surface area contributed by atoms with Gasteiger partial charge in [0, 0.05) is 5.56 Å². The zero-order valence-electron chi connectivity index (χ0n) is 17.1. The molecule has 3 aliphatic rings. The highest BCUT2D eigenvalue weighted by Crippen LogP contribution is 2.52. The van der Waals surface area contributed by atoms with Gasteiger partial charge in [-0.2, -0.15) is 0 Å². The van der Waals surface area contributed by atoms with Crippen LogP contribution in [0.5, 0.6) is 28.7 Å². The molecule has 2 aromatic carbocycles. The number of methoxy groups -OCH3 is 3. The molecule has 0 fully saturated rings. The summed E-state index contributed by atoms with van der Waals surface area (Å²) in [4.78, 5) is 12.7. The molecule has 158 valence electrons. The van der Waals surface area contributed by atoms with Gasteiger partial charge in [-0.1, -0.05) is 6.07 Å². The van der Waals surface area contributed by atoms with Gasteiger partial charge in [-0.25, -0.2) is 0 Å². The van der Waals surface area contributed by atoms with Crippen molar-refractivity contribution in [1.29, 1.82) is 0 Å². The van der Waals surface area contributed by atoms with Crippen LogP contribution in [0.4, 0.5) is 0 Å². The first-order valence-electron chi connectivity index (χ1n) is 9.80. The van der Waals surface area contributed by atoms with Crippen molar-refractivity contribution >= 4 is 5.78 Å². The minimum atomic E-state index is -0.411. The minimum absolute atomic E-state index is 0.0401. The molecule has 0 saturated heterocycles. The molecule has 0 saturated carbocycles. The Labute approximate surface area is 174 Å². The molecule has 2 aromatic rings. The smallest absolute Gasteiger partial charge is 0.231 e. The van der Waals surface area contributed by atoms with Crippen molar-refractivity contribution in [3.05, 3.63) is 40.5 Å². The number of hydrogen-bond donors (Lipinski definition) is 1. The van der Waals surface area contributed by atoms with Gasteiger partial charge in [0.05, 0.1) is 32.9 Å². The van der Waals surface area contributed by atoms with E-state index in [4.69, 9.17) is 28.4 Å². The van der Waals surface area contributed by atoms with Gasteiger partial charge in [0.1, 0.15) is 12.7 Å². The lowest BCUT2D eigenvalue weighted by molar-refractivity contribution is 0.0145. The van der Waals surface area contributed by atoms with Crippen molar-refractivity contribution in [3.8, 4) is 28.7 Å². The van der Waals surface area contributed by atoms with Gasteiger partial charge in [-0.3, -0.25) is 4.79 Å². The number of carbonyl (C=O) groups excluding carboxylic acids is 1. The van der Waals surface area contributed by atoms with Crippen LogP contribution < -0.4 is 29.0 Å². The van der Waals surface area contributed by atoms with E-state index in [2.05, 4.69) is 5.32 Å². The first-order chi connectivity index (χ1) is 14.7. The van der Waals surface area contributed by atoms with Crippen molar-refractivity contribution < 1.29 is 33.2 Å². The first-order valence-corrected chi connectivity index (χ1v) is 9.80. The third-order valence-corrected chi connectivity index (χ3v) is 5.88. The van der Waals surface area contributed by atoms with Crippen LogP contribution in [0.25, 0.3) is 0 Å². The molecule has 30 heavy (non-hydrogen) atoms. The van der Waals surface area contributed by atoms with Gasteiger partial charge >= 0.3 is 0 Å². The van der Waals surface area contributed by atoms with Crippen molar-refractivity contribution in [3.63, 3.8) is 0 Å². The number of nitrogens with one attached hydrogen (secondary N) is 1. The summed E-state index contributed by atoms with van der Waals surface area (Å²) >= 11 is 0. The molecular formula is C22H23NO7. The number of Topliss-reactive ketones (excluding diaryl/α,β-unsaturated/α-hetero) is 1. The summed E-state index contributed by atoms with van der Waals surface area (Å²) in [6.45, 7) is 0.888. The fraction of sp³-hybridized carbons (Fsp3) is 0.409. The lowest BCUT2D eigenvalue weighted by Crippen LogP contribution is -2.38. The number of rotatable bonds is 4. The summed E-state index contributed by atoms with van der Waals surface area (Å²) in [6, 6.07) is 5.45. The molecule has 3 heterocycles. The molecule has 8 nitrogen and oxygen atoms in total. The predicted molar refractivity (Wildman–Crippen MR) is 106 cm³/mol. The summed E-state index contributed by atoms with van der Waals surface area (Å²) < 4.78 is 34.0. The molecule has 0 aromatic heterocycles. The van der Waals surface area contributed by atoms with E-state index < -0.39 is 6.10 Å². The number of carbonyl (C=O) groups is 1. The summed E-state index contributed by atoms with van der Waals surface area (Å²) in [5.41, 5.74) is 3.34. The molecular weight excluding hydrogens is 390 g/mol. The fourth-order valence-electron chi connectivity index (χ4n) is 4.62. The molecule has 8 heteroatoms. The zero-order chi connectivity index (χ0) is 20.8. The maximum Gasteiger partial charge on any atom is 0.231 e. The van der Waals surface area contributed by atoms with Crippen LogP contribution in [0.2, 0.25) is 0 Å². The van der Waals surface area contributed by atoms with E-state index in [1.165, 1.54) is 7.11 Å². The van der Waals surface area contributed by atoms with Crippen LogP contribution in [0, 0.1) is 0 Å². The summed E-state index contributed by atoms with van der Waals surface area (Å²) in [5, 5.41) is 3.55. The van der Waals surface area contributed by atoms with Crippen LogP contribution in [0.3, 0.4) is 0 Å². The van der Waals surface area contributed by atoms with E-state index in [-0.39, 0.29) is 25.2 Å². The normalized spacial score (nSPS) is 21.6. The Bertz CT molecular complexity index is 1020. The van der Waals surface area contributed by atoms with Crippen LogP contribution in [0.15, 0.2) is 18.2 Å². The summed E-state index contributed by atoms with van der Waals surface area (Å²) in [6.07, 6.45) is 0.411. The summed E-state index contributed by atoms with van der Waals surface area (Å²) in [7, 11) is 4.71. The average molecular weight is 413 g/mol. The Balaban J connectivity index is 1.66. The second kappa shape index (κ2) is 7.37. The number of hydrogen-bond acceptors (Lipinski definition) is 8. The number of benzene rings is 2. The highest BCUT2D eigenvalue weighted by atomic mass is 16.7. The van der Waals surface area contributed by atoms with E-state index in [1.807, 2.05) is 12.1 Å². The van der Waals surface area contributed by atoms with E-state index in [9.17, 15) is 4.79 Å². The molecule has 1 N–H and O–H groups in total. The maximum atomic E-state index is 12.7. The topological polar surface area (TPSA) is 84.5 Å². The third-order valence-electron chi connectivity index (χ3n) is 5.88. The molecule has 0 spiro atoms. The van der Waals surface area contributed by atoms with Crippen LogP contribution >= 0.6 is 0 Å². The van der Waals surface area contributed by atoms with Gasteiger partial charge < -0.3 is 33.7 Å². The zero-order valence-corrected chi connectivity index (χ0v) is 17.1. The first kappa shape index (κ1) is 19.0. The minimum Gasteiger partial charge on any atom is -0.493 e. The van der Waals surface area contributed by atoms with Crippen molar-refractivity contribution in [2.24, 2.45) is 0 Å². The Kier molecular flexibility index (Phi) is 4.67. The largest absolute Gasteiger partial charge is 0.493 e. The molecule has 5 rings (SSSR count). The van der Waals surface area contributed by atoms with E-state index in [0.29, 0.717) is 34.3 Å². The van der Waals surface area contributed by atoms with Gasteiger partial charge in [-0.15, -0.1) is 0 Å². The van der Waals surface area contributed by atoms with Crippen LogP contribution in [-0.2, 0) is 11.2 Å². The van der Waals surface area contributed by atoms with Gasteiger partial charge in [0.25, 0.3) is 0 Å². The predicted octanol–water partition coefficient (Wildman–Crippen LogP) is 2.58.